The van der Waals surface area contributed by atoms with E-state index >= 15 is 0 Å². The van der Waals surface area contributed by atoms with Crippen LogP contribution in [0.3, 0.4) is 0 Å². The second-order valence-corrected chi connectivity index (χ2v) is 11.3. The molecule has 7 nitrogen and oxygen atoms in total. The minimum absolute atomic E-state index is 0.112. The van der Waals surface area contributed by atoms with Crippen molar-refractivity contribution in [2.75, 3.05) is 13.7 Å². The van der Waals surface area contributed by atoms with Crippen LogP contribution >= 0.6 is 22.9 Å². The van der Waals surface area contributed by atoms with Crippen molar-refractivity contribution in [3.05, 3.63) is 99.2 Å². The van der Waals surface area contributed by atoms with Gasteiger partial charge in [0.15, 0.2) is 11.5 Å². The molecule has 0 N–H and O–H groups in total. The van der Waals surface area contributed by atoms with Crippen molar-refractivity contribution in [1.82, 2.24) is 14.3 Å². The molecule has 0 spiro atoms. The maximum absolute atomic E-state index is 13.6. The number of nitrogens with zero attached hydrogens (tertiary/aromatic N) is 3. The molecule has 10 heteroatoms. The summed E-state index contributed by atoms with van der Waals surface area (Å²) in [5, 5.41) is 0.469. The monoisotopic (exact) mass is 543 g/mol. The van der Waals surface area contributed by atoms with Crippen molar-refractivity contribution < 1.29 is 17.9 Å². The van der Waals surface area contributed by atoms with E-state index in [9.17, 15) is 8.42 Å². The third-order valence-corrected chi connectivity index (χ3v) is 8.59. The number of methoxy groups -OCH3 is 1. The van der Waals surface area contributed by atoms with Crippen molar-refractivity contribution in [3.63, 3.8) is 0 Å². The molecule has 2 aromatic carbocycles. The van der Waals surface area contributed by atoms with Gasteiger partial charge < -0.3 is 9.47 Å². The molecule has 0 atom stereocenters. The van der Waals surface area contributed by atoms with E-state index in [2.05, 4.69) is 9.97 Å². The fourth-order valence-electron chi connectivity index (χ4n) is 3.61. The molecule has 0 unspecified atom stereocenters. The molecule has 0 aliphatic rings. The van der Waals surface area contributed by atoms with Gasteiger partial charge >= 0.3 is 0 Å². The molecule has 4 rings (SSSR count). The highest BCUT2D eigenvalue weighted by Crippen LogP contribution is 2.30. The smallest absolute Gasteiger partial charge is 0.243 e. The number of sulfonamides is 1. The van der Waals surface area contributed by atoms with Crippen molar-refractivity contribution in [2.45, 2.75) is 31.3 Å². The molecule has 2 aromatic heterocycles. The van der Waals surface area contributed by atoms with Gasteiger partial charge in [-0.3, -0.25) is 4.98 Å². The van der Waals surface area contributed by atoms with Gasteiger partial charge in [-0.15, -0.1) is 11.3 Å². The van der Waals surface area contributed by atoms with Crippen molar-refractivity contribution >= 4 is 33.0 Å². The quantitative estimate of drug-likeness (QED) is 0.248. The maximum atomic E-state index is 13.6. The fourth-order valence-corrected chi connectivity index (χ4v) is 5.89. The van der Waals surface area contributed by atoms with Crippen LogP contribution in [0.4, 0.5) is 0 Å². The van der Waals surface area contributed by atoms with Crippen LogP contribution in [0.5, 0.6) is 11.5 Å². The Morgan fingerprint density at radius 3 is 2.47 bits per heavy atom. The Morgan fingerprint density at radius 2 is 1.81 bits per heavy atom. The number of ether oxygens (including phenoxy) is 2. The molecule has 2 heterocycles. The van der Waals surface area contributed by atoms with Crippen molar-refractivity contribution in [3.8, 4) is 11.5 Å². The van der Waals surface area contributed by atoms with Crippen LogP contribution in [0, 0.1) is 6.92 Å². The van der Waals surface area contributed by atoms with E-state index in [-0.39, 0.29) is 18.0 Å². The summed E-state index contributed by atoms with van der Waals surface area (Å²) in [7, 11) is -2.26. The van der Waals surface area contributed by atoms with Crippen LogP contribution < -0.4 is 9.47 Å². The van der Waals surface area contributed by atoms with Crippen molar-refractivity contribution in [2.24, 2.45) is 0 Å². The van der Waals surface area contributed by atoms with Crippen LogP contribution in [-0.2, 0) is 29.5 Å². The first-order valence-corrected chi connectivity index (χ1v) is 13.9. The van der Waals surface area contributed by atoms with E-state index in [1.54, 1.807) is 55.0 Å². The van der Waals surface area contributed by atoms with Crippen molar-refractivity contribution in [1.29, 1.82) is 0 Å². The van der Waals surface area contributed by atoms with Gasteiger partial charge in [0.2, 0.25) is 10.0 Å². The number of aromatic nitrogens is 2. The highest BCUT2D eigenvalue weighted by molar-refractivity contribution is 7.89. The Labute approximate surface area is 220 Å². The van der Waals surface area contributed by atoms with Crippen LogP contribution in [-0.4, -0.2) is 36.4 Å². The van der Waals surface area contributed by atoms with Gasteiger partial charge in [0.1, 0.15) is 0 Å². The van der Waals surface area contributed by atoms with E-state index in [1.807, 2.05) is 30.6 Å². The Bertz CT molecular complexity index is 1390. The first-order valence-electron chi connectivity index (χ1n) is 11.2. The molecule has 188 valence electrons. The zero-order valence-electron chi connectivity index (χ0n) is 19.9. The van der Waals surface area contributed by atoms with Gasteiger partial charge in [-0.2, -0.15) is 4.31 Å². The zero-order chi connectivity index (χ0) is 25.5. The number of aryl methyl sites for hydroxylation is 1. The van der Waals surface area contributed by atoms with E-state index in [0.717, 1.165) is 17.7 Å². The summed E-state index contributed by atoms with van der Waals surface area (Å²) in [4.78, 5) is 9.92. The topological polar surface area (TPSA) is 81.6 Å². The molecule has 0 aliphatic heterocycles. The number of thiazole rings is 1. The van der Waals surface area contributed by atoms with Crippen LogP contribution in [0.1, 0.15) is 21.8 Å². The normalized spacial score (nSPS) is 11.6. The highest BCUT2D eigenvalue weighted by atomic mass is 35.5. The van der Waals surface area contributed by atoms with Gasteiger partial charge in [0.05, 0.1) is 42.1 Å². The minimum Gasteiger partial charge on any atom is -0.493 e. The molecule has 0 saturated heterocycles. The Kier molecular flexibility index (Phi) is 8.58. The average Bonchev–Trinajstić information content (AvgIpc) is 3.29. The molecular weight excluding hydrogens is 518 g/mol. The predicted molar refractivity (Wildman–Crippen MR) is 141 cm³/mol. The van der Waals surface area contributed by atoms with E-state index in [1.165, 1.54) is 21.3 Å². The first kappa shape index (κ1) is 26.1. The van der Waals surface area contributed by atoms with E-state index < -0.39 is 10.0 Å². The summed E-state index contributed by atoms with van der Waals surface area (Å²) in [6.07, 6.45) is 2.39. The average molecular weight is 544 g/mol. The maximum Gasteiger partial charge on any atom is 0.243 e. The van der Waals surface area contributed by atoms with Crippen LogP contribution in [0.2, 0.25) is 5.02 Å². The molecule has 0 bridgehead atoms. The van der Waals surface area contributed by atoms with E-state index in [4.69, 9.17) is 21.1 Å². The second kappa shape index (κ2) is 11.8. The lowest BCUT2D eigenvalue weighted by atomic mass is 10.2. The molecule has 36 heavy (non-hydrogen) atoms. The first-order chi connectivity index (χ1) is 17.4. The number of hydrogen-bond donors (Lipinski definition) is 0. The lowest BCUT2D eigenvalue weighted by Gasteiger charge is -2.23. The van der Waals surface area contributed by atoms with Gasteiger partial charge in [0.25, 0.3) is 0 Å². The highest BCUT2D eigenvalue weighted by Gasteiger charge is 2.26. The minimum atomic E-state index is -3.83. The molecule has 0 saturated carbocycles. The zero-order valence-corrected chi connectivity index (χ0v) is 22.3. The Balaban J connectivity index is 1.55. The standard InChI is InChI=1S/C26H26ClN3O4S2/c1-19-26(35-18-29-19)12-14-34-24-11-6-20(15-25(24)33-2)16-30(17-22-5-3-4-13-28-22)36(31,32)23-9-7-21(27)8-10-23/h3-11,13,15,18H,12,14,16-17H2,1-2H3. The number of halogens is 1. The molecular formula is C26H26ClN3O4S2. The third kappa shape index (κ3) is 6.41. The Hall–Kier alpha value is -2.98. The molecule has 0 radical (unpaired) electrons. The van der Waals surface area contributed by atoms with Crippen LogP contribution in [0.15, 0.2) is 77.3 Å². The Morgan fingerprint density at radius 1 is 1.00 bits per heavy atom. The molecule has 4 aromatic rings. The summed E-state index contributed by atoms with van der Waals surface area (Å²) in [5.41, 5.74) is 4.24. The van der Waals surface area contributed by atoms with Gasteiger partial charge in [-0.1, -0.05) is 23.7 Å². The number of rotatable bonds is 11. The van der Waals surface area contributed by atoms with E-state index in [0.29, 0.717) is 28.8 Å². The number of pyridine rings is 1. The number of hydrogen-bond acceptors (Lipinski definition) is 7. The van der Waals surface area contributed by atoms with Crippen LogP contribution in [0.25, 0.3) is 0 Å². The summed E-state index contributed by atoms with van der Waals surface area (Å²) >= 11 is 7.58. The lowest BCUT2D eigenvalue weighted by molar-refractivity contribution is 0.297. The summed E-state index contributed by atoms with van der Waals surface area (Å²) in [6, 6.07) is 17.0. The summed E-state index contributed by atoms with van der Waals surface area (Å²) < 4.78 is 40.0. The second-order valence-electron chi connectivity index (χ2n) is 7.99. The largest absolute Gasteiger partial charge is 0.493 e. The lowest BCUT2D eigenvalue weighted by Crippen LogP contribution is -2.30. The SMILES string of the molecule is COc1cc(CN(Cc2ccccn2)S(=O)(=O)c2ccc(Cl)cc2)ccc1OCCc1scnc1C. The molecule has 0 fully saturated rings. The van der Waals surface area contributed by atoms with Gasteiger partial charge in [0, 0.05) is 29.1 Å². The molecule has 0 amide bonds. The predicted octanol–water partition coefficient (Wildman–Crippen LogP) is 5.52. The van der Waals surface area contributed by atoms with Gasteiger partial charge in [-0.25, -0.2) is 13.4 Å². The third-order valence-electron chi connectivity index (χ3n) is 5.53. The molecule has 0 aliphatic carbocycles. The summed E-state index contributed by atoms with van der Waals surface area (Å²) in [5.74, 6) is 1.13. The van der Waals surface area contributed by atoms with Gasteiger partial charge in [-0.05, 0) is 61.0 Å². The fraction of sp³-hybridized carbons (Fsp3) is 0.231. The number of benzene rings is 2. The summed E-state index contributed by atoms with van der Waals surface area (Å²) in [6.45, 7) is 2.70.